The molecule has 1 atom stereocenters. The highest BCUT2D eigenvalue weighted by atomic mass is 32.2. The summed E-state index contributed by atoms with van der Waals surface area (Å²) in [6, 6.07) is 7.94. The standard InChI is InChI=1S/C12H10O2S/c13-15-6-5-10-8-14-11-4-2-1-3-9(11)7-12(10)15/h1-6H,7-8H2. The van der Waals surface area contributed by atoms with E-state index in [2.05, 4.69) is 0 Å². The molecule has 0 aromatic heterocycles. The maximum atomic E-state index is 11.7. The molecule has 76 valence electrons. The molecule has 3 rings (SSSR count). The highest BCUT2D eigenvalue weighted by molar-refractivity contribution is 7.92. The Labute approximate surface area is 90.7 Å². The number of fused-ring (bicyclic) bond motifs is 1. The molecule has 0 amide bonds. The summed E-state index contributed by atoms with van der Waals surface area (Å²) in [4.78, 5) is 1.000. The van der Waals surface area contributed by atoms with Crippen LogP contribution in [0.25, 0.3) is 0 Å². The van der Waals surface area contributed by atoms with E-state index < -0.39 is 10.8 Å². The topological polar surface area (TPSA) is 26.3 Å². The third kappa shape index (κ3) is 1.43. The van der Waals surface area contributed by atoms with Gasteiger partial charge in [-0.25, -0.2) is 4.21 Å². The molecular weight excluding hydrogens is 208 g/mol. The number of ether oxygens (including phenoxy) is 1. The zero-order valence-electron chi connectivity index (χ0n) is 8.10. The van der Waals surface area contributed by atoms with Gasteiger partial charge < -0.3 is 4.74 Å². The first kappa shape index (κ1) is 8.92. The minimum absolute atomic E-state index is 0.536. The van der Waals surface area contributed by atoms with Crippen molar-refractivity contribution in [3.05, 3.63) is 51.8 Å². The van der Waals surface area contributed by atoms with E-state index in [0.29, 0.717) is 6.61 Å². The van der Waals surface area contributed by atoms with Crippen molar-refractivity contribution in [2.75, 3.05) is 6.61 Å². The minimum Gasteiger partial charge on any atom is -0.489 e. The van der Waals surface area contributed by atoms with Crippen LogP contribution in [-0.2, 0) is 17.2 Å². The Morgan fingerprint density at radius 1 is 1.27 bits per heavy atom. The molecule has 1 unspecified atom stereocenters. The van der Waals surface area contributed by atoms with Gasteiger partial charge >= 0.3 is 0 Å². The molecule has 0 fully saturated rings. The molecule has 15 heavy (non-hydrogen) atoms. The van der Waals surface area contributed by atoms with Gasteiger partial charge in [0.2, 0.25) is 0 Å². The monoisotopic (exact) mass is 218 g/mol. The van der Waals surface area contributed by atoms with Crippen LogP contribution in [0.1, 0.15) is 5.56 Å². The second-order valence-corrected chi connectivity index (χ2v) is 4.98. The van der Waals surface area contributed by atoms with Gasteiger partial charge in [0.05, 0.1) is 10.8 Å². The van der Waals surface area contributed by atoms with Crippen molar-refractivity contribution in [1.29, 1.82) is 0 Å². The van der Waals surface area contributed by atoms with Gasteiger partial charge in [0.15, 0.2) is 0 Å². The van der Waals surface area contributed by atoms with E-state index in [4.69, 9.17) is 4.74 Å². The number of benzene rings is 1. The molecule has 1 aromatic rings. The van der Waals surface area contributed by atoms with Crippen LogP contribution in [0.3, 0.4) is 0 Å². The van der Waals surface area contributed by atoms with Gasteiger partial charge in [-0.2, -0.15) is 0 Å². The van der Waals surface area contributed by atoms with Gasteiger partial charge in [0.1, 0.15) is 12.4 Å². The Kier molecular flexibility index (Phi) is 1.99. The summed E-state index contributed by atoms with van der Waals surface area (Å²) in [6.45, 7) is 0.536. The van der Waals surface area contributed by atoms with Crippen LogP contribution in [0, 0.1) is 0 Å². The van der Waals surface area contributed by atoms with E-state index in [1.807, 2.05) is 30.3 Å². The maximum absolute atomic E-state index is 11.7. The minimum atomic E-state index is -0.939. The SMILES string of the molecule is O=S1C=CC2=C1Cc1ccccc1OC2. The van der Waals surface area contributed by atoms with Crippen molar-refractivity contribution >= 4 is 10.8 Å². The smallest absolute Gasteiger partial charge is 0.123 e. The fourth-order valence-corrected chi connectivity index (χ4v) is 3.02. The molecule has 2 aliphatic heterocycles. The molecule has 3 heteroatoms. The average molecular weight is 218 g/mol. The number of para-hydroxylation sites is 1. The first-order chi connectivity index (χ1) is 7.34. The van der Waals surface area contributed by atoms with Crippen LogP contribution >= 0.6 is 0 Å². The molecule has 2 aliphatic rings. The Morgan fingerprint density at radius 3 is 3.07 bits per heavy atom. The second kappa shape index (κ2) is 3.35. The summed E-state index contributed by atoms with van der Waals surface area (Å²) in [6.07, 6.45) is 2.66. The lowest BCUT2D eigenvalue weighted by Gasteiger charge is -2.06. The van der Waals surface area contributed by atoms with E-state index in [9.17, 15) is 4.21 Å². The molecule has 0 aliphatic carbocycles. The van der Waals surface area contributed by atoms with Crippen molar-refractivity contribution in [1.82, 2.24) is 0 Å². The Bertz CT molecular complexity index is 500. The van der Waals surface area contributed by atoms with E-state index in [1.165, 1.54) is 0 Å². The first-order valence-corrected chi connectivity index (χ1v) is 6.07. The zero-order chi connectivity index (χ0) is 10.3. The van der Waals surface area contributed by atoms with Crippen molar-refractivity contribution in [2.24, 2.45) is 0 Å². The molecule has 0 bridgehead atoms. The summed E-state index contributed by atoms with van der Waals surface area (Å²) in [7, 11) is -0.939. The third-order valence-electron chi connectivity index (χ3n) is 2.70. The quantitative estimate of drug-likeness (QED) is 0.667. The average Bonchev–Trinajstić information content (AvgIpc) is 2.51. The predicted octanol–water partition coefficient (Wildman–Crippen LogP) is 2.15. The van der Waals surface area contributed by atoms with Gasteiger partial charge in [-0.3, -0.25) is 0 Å². The van der Waals surface area contributed by atoms with E-state index >= 15 is 0 Å². The molecule has 0 saturated carbocycles. The molecule has 0 saturated heterocycles. The highest BCUT2D eigenvalue weighted by Crippen LogP contribution is 2.31. The summed E-state index contributed by atoms with van der Waals surface area (Å²) >= 11 is 0. The number of hydrogen-bond acceptors (Lipinski definition) is 2. The van der Waals surface area contributed by atoms with Gasteiger partial charge in [0, 0.05) is 22.3 Å². The number of hydrogen-bond donors (Lipinski definition) is 0. The van der Waals surface area contributed by atoms with Crippen LogP contribution in [0.5, 0.6) is 5.75 Å². The Hall–Kier alpha value is -1.35. The zero-order valence-corrected chi connectivity index (χ0v) is 8.92. The highest BCUT2D eigenvalue weighted by Gasteiger charge is 2.21. The van der Waals surface area contributed by atoms with Crippen LogP contribution in [0.15, 0.2) is 46.2 Å². The van der Waals surface area contributed by atoms with Crippen LogP contribution in [0.4, 0.5) is 0 Å². The van der Waals surface area contributed by atoms with Crippen molar-refractivity contribution in [2.45, 2.75) is 6.42 Å². The van der Waals surface area contributed by atoms with Crippen molar-refractivity contribution < 1.29 is 8.95 Å². The van der Waals surface area contributed by atoms with E-state index in [0.717, 1.165) is 28.2 Å². The summed E-state index contributed by atoms with van der Waals surface area (Å²) in [5.74, 6) is 0.914. The van der Waals surface area contributed by atoms with Gasteiger partial charge in [-0.1, -0.05) is 18.2 Å². The fraction of sp³-hybridized carbons (Fsp3) is 0.167. The van der Waals surface area contributed by atoms with E-state index in [1.54, 1.807) is 5.41 Å². The van der Waals surface area contributed by atoms with Crippen LogP contribution in [-0.4, -0.2) is 10.8 Å². The van der Waals surface area contributed by atoms with Crippen LogP contribution < -0.4 is 4.74 Å². The molecule has 2 heterocycles. The molecule has 0 N–H and O–H groups in total. The van der Waals surface area contributed by atoms with Gasteiger partial charge in [-0.15, -0.1) is 0 Å². The molecule has 0 radical (unpaired) electrons. The van der Waals surface area contributed by atoms with E-state index in [-0.39, 0.29) is 0 Å². The fourth-order valence-electron chi connectivity index (χ4n) is 1.88. The van der Waals surface area contributed by atoms with Gasteiger partial charge in [0.25, 0.3) is 0 Å². The lowest BCUT2D eigenvalue weighted by Crippen LogP contribution is -1.98. The summed E-state index contributed by atoms with van der Waals surface area (Å²) in [5.41, 5.74) is 2.20. The third-order valence-corrected chi connectivity index (χ3v) is 3.98. The second-order valence-electron chi connectivity index (χ2n) is 3.62. The van der Waals surface area contributed by atoms with Crippen molar-refractivity contribution in [3.63, 3.8) is 0 Å². The largest absolute Gasteiger partial charge is 0.489 e. The van der Waals surface area contributed by atoms with Crippen molar-refractivity contribution in [3.8, 4) is 5.75 Å². The predicted molar refractivity (Wildman–Crippen MR) is 59.9 cm³/mol. The lowest BCUT2D eigenvalue weighted by molar-refractivity contribution is 0.356. The molecular formula is C12H10O2S. The first-order valence-electron chi connectivity index (χ1n) is 4.86. The Morgan fingerprint density at radius 2 is 2.13 bits per heavy atom. The lowest BCUT2D eigenvalue weighted by atomic mass is 10.1. The molecule has 0 spiro atoms. The number of rotatable bonds is 0. The molecule has 1 aromatic carbocycles. The maximum Gasteiger partial charge on any atom is 0.123 e. The van der Waals surface area contributed by atoms with Crippen LogP contribution in [0.2, 0.25) is 0 Å². The van der Waals surface area contributed by atoms with Gasteiger partial charge in [-0.05, 0) is 17.7 Å². The normalized spacial score (nSPS) is 23.1. The Balaban J connectivity index is 2.06. The summed E-state index contributed by atoms with van der Waals surface area (Å²) in [5, 5.41) is 1.74. The molecule has 2 nitrogen and oxygen atoms in total. The number of allylic oxidation sites excluding steroid dienone is 1. The summed E-state index contributed by atoms with van der Waals surface area (Å²) < 4.78 is 17.3.